The summed E-state index contributed by atoms with van der Waals surface area (Å²) in [4.78, 5) is 0. The minimum Gasteiger partial charge on any atom is -0.343 e. The summed E-state index contributed by atoms with van der Waals surface area (Å²) in [5.41, 5.74) is 8.42. The van der Waals surface area contributed by atoms with Crippen molar-refractivity contribution in [2.45, 2.75) is 32.4 Å². The summed E-state index contributed by atoms with van der Waals surface area (Å²) < 4.78 is 3.55. The average molecular weight is 293 g/mol. The monoisotopic (exact) mass is 292 g/mol. The molecular weight excluding hydrogens is 276 g/mol. The molecule has 0 spiro atoms. The number of nitrogens with two attached hydrogens (primary N) is 1. The fourth-order valence-electron chi connectivity index (χ4n) is 2.60. The fourth-order valence-corrected chi connectivity index (χ4v) is 2.95. The van der Waals surface area contributed by atoms with Gasteiger partial charge in [0.2, 0.25) is 0 Å². The van der Waals surface area contributed by atoms with Crippen molar-refractivity contribution < 1.29 is 0 Å². The first-order valence-corrected chi connectivity index (χ1v) is 7.05. The van der Waals surface area contributed by atoms with Gasteiger partial charge in [0.05, 0.1) is 0 Å². The summed E-state index contributed by atoms with van der Waals surface area (Å²) in [6.07, 6.45) is 4.14. The summed E-state index contributed by atoms with van der Waals surface area (Å²) >= 11 is 3.55. The summed E-state index contributed by atoms with van der Waals surface area (Å²) in [6.45, 7) is 1.76. The summed E-state index contributed by atoms with van der Waals surface area (Å²) in [5.74, 6) is 0.856. The molecule has 0 atom stereocenters. The van der Waals surface area contributed by atoms with Crippen LogP contribution in [0.5, 0.6) is 0 Å². The zero-order chi connectivity index (χ0) is 11.8. The Morgan fingerprint density at radius 3 is 2.76 bits per heavy atom. The Hall–Kier alpha value is -0.800. The van der Waals surface area contributed by atoms with E-state index in [9.17, 15) is 0 Å². The van der Waals surface area contributed by atoms with Crippen molar-refractivity contribution >= 4 is 26.8 Å². The topological polar surface area (TPSA) is 30.9 Å². The van der Waals surface area contributed by atoms with Gasteiger partial charge in [0.1, 0.15) is 0 Å². The lowest BCUT2D eigenvalue weighted by molar-refractivity contribution is 0.277. The number of fused-ring (bicyclic) bond motifs is 1. The van der Waals surface area contributed by atoms with Gasteiger partial charge in [-0.25, -0.2) is 0 Å². The van der Waals surface area contributed by atoms with Crippen LogP contribution in [0.4, 0.5) is 0 Å². The lowest BCUT2D eigenvalue weighted by atomic mass is 9.85. The van der Waals surface area contributed by atoms with Crippen LogP contribution in [0, 0.1) is 5.92 Å². The molecule has 1 saturated carbocycles. The second kappa shape index (κ2) is 4.46. The molecule has 0 amide bonds. The Labute approximate surface area is 110 Å². The molecule has 1 aliphatic carbocycles. The van der Waals surface area contributed by atoms with Crippen LogP contribution >= 0.6 is 15.9 Å². The van der Waals surface area contributed by atoms with Crippen molar-refractivity contribution in [3.05, 3.63) is 34.4 Å². The lowest BCUT2D eigenvalue weighted by Crippen LogP contribution is -2.20. The Morgan fingerprint density at radius 2 is 2.12 bits per heavy atom. The van der Waals surface area contributed by atoms with Gasteiger partial charge in [-0.15, -0.1) is 0 Å². The smallest absolute Gasteiger partial charge is 0.0494 e. The van der Waals surface area contributed by atoms with E-state index in [-0.39, 0.29) is 0 Å². The third kappa shape index (κ3) is 2.02. The molecule has 0 radical (unpaired) electrons. The highest BCUT2D eigenvalue weighted by molar-refractivity contribution is 9.10. The fraction of sp³-hybridized carbons (Fsp3) is 0.429. The zero-order valence-corrected chi connectivity index (χ0v) is 11.4. The van der Waals surface area contributed by atoms with Gasteiger partial charge < -0.3 is 10.3 Å². The standard InChI is InChI=1S/C14H17BrN2/c15-12-5-4-11-6-13(8-16)17(14(11)7-12)9-10-2-1-3-10/h4-7,10H,1-3,8-9,16H2. The predicted octanol–water partition coefficient (Wildman–Crippen LogP) is 3.66. The largest absolute Gasteiger partial charge is 0.343 e. The van der Waals surface area contributed by atoms with Crippen LogP contribution in [0.1, 0.15) is 25.0 Å². The average Bonchev–Trinajstić information content (AvgIpc) is 2.61. The highest BCUT2D eigenvalue weighted by Crippen LogP contribution is 2.31. The molecule has 0 aliphatic heterocycles. The number of rotatable bonds is 3. The molecule has 1 fully saturated rings. The molecule has 3 heteroatoms. The first kappa shape index (κ1) is 11.3. The van der Waals surface area contributed by atoms with E-state index in [1.165, 1.54) is 35.9 Å². The molecule has 2 nitrogen and oxygen atoms in total. The van der Waals surface area contributed by atoms with Crippen LogP contribution in [-0.4, -0.2) is 4.57 Å². The van der Waals surface area contributed by atoms with E-state index in [4.69, 9.17) is 5.73 Å². The normalized spacial score (nSPS) is 16.4. The maximum atomic E-state index is 5.86. The Balaban J connectivity index is 2.07. The van der Waals surface area contributed by atoms with Crippen molar-refractivity contribution in [3.63, 3.8) is 0 Å². The molecule has 2 aromatic rings. The van der Waals surface area contributed by atoms with Crippen molar-refractivity contribution in [1.82, 2.24) is 4.57 Å². The molecule has 0 bridgehead atoms. The Morgan fingerprint density at radius 1 is 1.29 bits per heavy atom. The molecule has 1 aromatic carbocycles. The molecule has 1 aliphatic rings. The third-order valence-corrected chi connectivity index (χ3v) is 4.32. The second-order valence-electron chi connectivity index (χ2n) is 4.95. The van der Waals surface area contributed by atoms with Gasteiger partial charge in [-0.3, -0.25) is 0 Å². The highest BCUT2D eigenvalue weighted by atomic mass is 79.9. The van der Waals surface area contributed by atoms with Crippen LogP contribution in [0.15, 0.2) is 28.7 Å². The molecular formula is C14H17BrN2. The maximum Gasteiger partial charge on any atom is 0.0494 e. The number of nitrogens with zero attached hydrogens (tertiary/aromatic N) is 1. The molecule has 2 N–H and O–H groups in total. The highest BCUT2D eigenvalue weighted by Gasteiger charge is 2.19. The summed E-state index contributed by atoms with van der Waals surface area (Å²) in [5, 5.41) is 1.30. The van der Waals surface area contributed by atoms with Crippen molar-refractivity contribution in [2.75, 3.05) is 0 Å². The van der Waals surface area contributed by atoms with Crippen molar-refractivity contribution in [1.29, 1.82) is 0 Å². The van der Waals surface area contributed by atoms with Crippen LogP contribution in [-0.2, 0) is 13.1 Å². The number of halogens is 1. The first-order valence-electron chi connectivity index (χ1n) is 6.25. The van der Waals surface area contributed by atoms with Crippen LogP contribution in [0.3, 0.4) is 0 Å². The summed E-state index contributed by atoms with van der Waals surface area (Å²) in [7, 11) is 0. The number of hydrogen-bond acceptors (Lipinski definition) is 1. The van der Waals surface area contributed by atoms with Crippen molar-refractivity contribution in [3.8, 4) is 0 Å². The van der Waals surface area contributed by atoms with E-state index in [2.05, 4.69) is 44.8 Å². The van der Waals surface area contributed by atoms with Gasteiger partial charge in [-0.1, -0.05) is 28.4 Å². The minimum absolute atomic E-state index is 0.624. The van der Waals surface area contributed by atoms with E-state index in [1.54, 1.807) is 0 Å². The lowest BCUT2D eigenvalue weighted by Gasteiger charge is -2.27. The van der Waals surface area contributed by atoms with Gasteiger partial charge in [0.25, 0.3) is 0 Å². The van der Waals surface area contributed by atoms with Gasteiger partial charge in [0.15, 0.2) is 0 Å². The van der Waals surface area contributed by atoms with E-state index in [0.717, 1.165) is 16.9 Å². The summed E-state index contributed by atoms with van der Waals surface area (Å²) in [6, 6.07) is 8.68. The number of aromatic nitrogens is 1. The van der Waals surface area contributed by atoms with Crippen LogP contribution in [0.25, 0.3) is 10.9 Å². The number of benzene rings is 1. The van der Waals surface area contributed by atoms with E-state index in [0.29, 0.717) is 6.54 Å². The molecule has 1 heterocycles. The Bertz CT molecular complexity index is 540. The quantitative estimate of drug-likeness (QED) is 0.920. The zero-order valence-electron chi connectivity index (χ0n) is 9.82. The van der Waals surface area contributed by atoms with E-state index >= 15 is 0 Å². The van der Waals surface area contributed by atoms with Gasteiger partial charge in [-0.2, -0.15) is 0 Å². The molecule has 90 valence electrons. The third-order valence-electron chi connectivity index (χ3n) is 3.83. The van der Waals surface area contributed by atoms with Gasteiger partial charge in [-0.05, 0) is 42.3 Å². The van der Waals surface area contributed by atoms with Crippen LogP contribution < -0.4 is 5.73 Å². The number of hydrogen-bond donors (Lipinski definition) is 1. The molecule has 0 saturated heterocycles. The van der Waals surface area contributed by atoms with Gasteiger partial charge in [0, 0.05) is 28.8 Å². The van der Waals surface area contributed by atoms with E-state index in [1.807, 2.05) is 0 Å². The Kier molecular flexibility index (Phi) is 2.97. The maximum absolute atomic E-state index is 5.86. The molecule has 1 aromatic heterocycles. The van der Waals surface area contributed by atoms with Crippen LogP contribution in [0.2, 0.25) is 0 Å². The molecule has 17 heavy (non-hydrogen) atoms. The van der Waals surface area contributed by atoms with Gasteiger partial charge >= 0.3 is 0 Å². The van der Waals surface area contributed by atoms with Crippen molar-refractivity contribution in [2.24, 2.45) is 11.7 Å². The minimum atomic E-state index is 0.624. The predicted molar refractivity (Wildman–Crippen MR) is 74.9 cm³/mol. The second-order valence-corrected chi connectivity index (χ2v) is 5.87. The van der Waals surface area contributed by atoms with E-state index < -0.39 is 0 Å². The SMILES string of the molecule is NCc1cc2ccc(Br)cc2n1CC1CCC1. The molecule has 3 rings (SSSR count). The first-order chi connectivity index (χ1) is 8.28. The molecule has 0 unspecified atom stereocenters.